The molecule has 0 aromatic carbocycles. The van der Waals surface area contributed by atoms with E-state index in [0.29, 0.717) is 6.54 Å². The molecule has 0 aromatic heterocycles. The molecule has 2 nitrogen and oxygen atoms in total. The van der Waals surface area contributed by atoms with Gasteiger partial charge in [-0.15, -0.1) is 0 Å². The Labute approximate surface area is 97.8 Å². The lowest BCUT2D eigenvalue weighted by Crippen LogP contribution is -1.79. The van der Waals surface area contributed by atoms with Gasteiger partial charge in [-0.3, -0.25) is 9.98 Å². The maximum Gasteiger partial charge on any atom is 0.0742 e. The molecule has 0 radical (unpaired) electrons. The number of rotatable bonds is 7. The molecular formula is C14H18N2. The summed E-state index contributed by atoms with van der Waals surface area (Å²) in [4.78, 5) is 7.91. The molecule has 0 saturated heterocycles. The minimum Gasteiger partial charge on any atom is -0.287 e. The zero-order valence-corrected chi connectivity index (χ0v) is 9.71. The average Bonchev–Trinajstić information content (AvgIpc) is 2.28. The van der Waals surface area contributed by atoms with Crippen molar-refractivity contribution in [3.63, 3.8) is 0 Å². The molecule has 0 aliphatic heterocycles. The highest BCUT2D eigenvalue weighted by Gasteiger charge is 1.76. The normalized spacial score (nSPS) is 12.8. The number of hydrogen-bond donors (Lipinski definition) is 0. The largest absolute Gasteiger partial charge is 0.287 e. The SMILES string of the molecule is C=C/N=C/C/N=C\C=C/C(=C)/C=C\C=C\C. The predicted octanol–water partition coefficient (Wildman–Crippen LogP) is 3.52. The van der Waals surface area contributed by atoms with Gasteiger partial charge >= 0.3 is 0 Å². The van der Waals surface area contributed by atoms with Crippen LogP contribution in [0.15, 0.2) is 71.4 Å². The van der Waals surface area contributed by atoms with E-state index in [1.807, 2.05) is 43.4 Å². The Hall–Kier alpha value is -1.96. The van der Waals surface area contributed by atoms with Gasteiger partial charge in [0, 0.05) is 18.6 Å². The first kappa shape index (κ1) is 14.0. The molecule has 0 unspecified atom stereocenters. The van der Waals surface area contributed by atoms with Crippen LogP contribution in [0.5, 0.6) is 0 Å². The van der Waals surface area contributed by atoms with E-state index >= 15 is 0 Å². The molecule has 2 heteroatoms. The molecule has 0 spiro atoms. The van der Waals surface area contributed by atoms with Crippen LogP contribution in [0.25, 0.3) is 0 Å². The van der Waals surface area contributed by atoms with Crippen molar-refractivity contribution in [3.8, 4) is 0 Å². The van der Waals surface area contributed by atoms with Gasteiger partial charge in [-0.05, 0) is 18.6 Å². The van der Waals surface area contributed by atoms with Crippen LogP contribution in [0.2, 0.25) is 0 Å². The molecule has 0 aromatic rings. The third kappa shape index (κ3) is 10.1. The van der Waals surface area contributed by atoms with Gasteiger partial charge in [0.1, 0.15) is 0 Å². The minimum atomic E-state index is 0.567. The lowest BCUT2D eigenvalue weighted by atomic mass is 10.2. The highest BCUT2D eigenvalue weighted by atomic mass is 14.7. The number of nitrogens with zero attached hydrogens (tertiary/aromatic N) is 2. The Kier molecular flexibility index (Phi) is 9.75. The molecule has 84 valence electrons. The van der Waals surface area contributed by atoms with Crippen LogP contribution in [-0.2, 0) is 0 Å². The Morgan fingerprint density at radius 3 is 2.62 bits per heavy atom. The van der Waals surface area contributed by atoms with Crippen LogP contribution < -0.4 is 0 Å². The van der Waals surface area contributed by atoms with Crippen LogP contribution in [0.4, 0.5) is 0 Å². The highest BCUT2D eigenvalue weighted by molar-refractivity contribution is 5.74. The van der Waals surface area contributed by atoms with Crippen molar-refractivity contribution in [2.45, 2.75) is 6.92 Å². The average molecular weight is 214 g/mol. The molecule has 0 atom stereocenters. The molecule has 0 aliphatic rings. The van der Waals surface area contributed by atoms with Crippen molar-refractivity contribution in [2.75, 3.05) is 6.54 Å². The Balaban J connectivity index is 3.86. The van der Waals surface area contributed by atoms with E-state index in [-0.39, 0.29) is 0 Å². The quantitative estimate of drug-likeness (QED) is 0.457. The second kappa shape index (κ2) is 11.1. The third-order valence-corrected chi connectivity index (χ3v) is 1.51. The van der Waals surface area contributed by atoms with E-state index in [9.17, 15) is 0 Å². The minimum absolute atomic E-state index is 0.567. The smallest absolute Gasteiger partial charge is 0.0742 e. The molecule has 0 aliphatic carbocycles. The van der Waals surface area contributed by atoms with Crippen molar-refractivity contribution < 1.29 is 0 Å². The standard InChI is InChI=1S/C14H18N2/c1-4-6-7-9-14(3)10-8-11-16-13-12-15-5-2/h4-12H,2-3,13H2,1H3/b6-4+,9-7-,10-8-,15-12+,16-11-. The second-order valence-corrected chi connectivity index (χ2v) is 2.85. The van der Waals surface area contributed by atoms with Crippen molar-refractivity contribution in [1.29, 1.82) is 0 Å². The molecule has 0 fully saturated rings. The summed E-state index contributed by atoms with van der Waals surface area (Å²) in [6, 6.07) is 0. The predicted molar refractivity (Wildman–Crippen MR) is 74.3 cm³/mol. The van der Waals surface area contributed by atoms with E-state index in [0.717, 1.165) is 5.57 Å². The summed E-state index contributed by atoms with van der Waals surface area (Å²) in [6.07, 6.45) is 16.5. The van der Waals surface area contributed by atoms with Crippen LogP contribution in [0, 0.1) is 0 Å². The second-order valence-electron chi connectivity index (χ2n) is 2.85. The fourth-order valence-electron chi connectivity index (χ4n) is 0.803. The van der Waals surface area contributed by atoms with E-state index in [1.54, 1.807) is 12.4 Å². The van der Waals surface area contributed by atoms with Gasteiger partial charge in [-0.25, -0.2) is 0 Å². The van der Waals surface area contributed by atoms with Crippen LogP contribution in [0.3, 0.4) is 0 Å². The Morgan fingerprint density at radius 2 is 1.94 bits per heavy atom. The lowest BCUT2D eigenvalue weighted by molar-refractivity contribution is 1.33. The van der Waals surface area contributed by atoms with Gasteiger partial charge in [0.25, 0.3) is 0 Å². The molecule has 0 rings (SSSR count). The first-order valence-corrected chi connectivity index (χ1v) is 5.08. The first-order chi connectivity index (χ1) is 7.81. The molecule has 0 bridgehead atoms. The lowest BCUT2D eigenvalue weighted by Gasteiger charge is -1.85. The van der Waals surface area contributed by atoms with Crippen LogP contribution in [0.1, 0.15) is 6.92 Å². The number of hydrogen-bond acceptors (Lipinski definition) is 2. The van der Waals surface area contributed by atoms with Gasteiger partial charge in [-0.1, -0.05) is 43.5 Å². The van der Waals surface area contributed by atoms with Crippen molar-refractivity contribution in [3.05, 3.63) is 61.4 Å². The van der Waals surface area contributed by atoms with Gasteiger partial charge < -0.3 is 0 Å². The fraction of sp³-hybridized carbons (Fsp3) is 0.143. The summed E-state index contributed by atoms with van der Waals surface area (Å²) >= 11 is 0. The van der Waals surface area contributed by atoms with Crippen molar-refractivity contribution in [2.24, 2.45) is 9.98 Å². The van der Waals surface area contributed by atoms with Gasteiger partial charge in [0.15, 0.2) is 0 Å². The third-order valence-electron chi connectivity index (χ3n) is 1.51. The molecule has 0 heterocycles. The van der Waals surface area contributed by atoms with Crippen LogP contribution in [-0.4, -0.2) is 19.0 Å². The zero-order chi connectivity index (χ0) is 12.1. The van der Waals surface area contributed by atoms with E-state index in [1.165, 1.54) is 6.20 Å². The summed E-state index contributed by atoms with van der Waals surface area (Å²) in [5.74, 6) is 0. The molecule has 0 amide bonds. The Morgan fingerprint density at radius 1 is 1.19 bits per heavy atom. The topological polar surface area (TPSA) is 24.7 Å². The van der Waals surface area contributed by atoms with Crippen molar-refractivity contribution >= 4 is 12.4 Å². The highest BCUT2D eigenvalue weighted by Crippen LogP contribution is 1.94. The molecular weight excluding hydrogens is 196 g/mol. The van der Waals surface area contributed by atoms with Crippen LogP contribution >= 0.6 is 0 Å². The summed E-state index contributed by atoms with van der Waals surface area (Å²) < 4.78 is 0. The maximum atomic E-state index is 4.09. The summed E-state index contributed by atoms with van der Waals surface area (Å²) in [5.41, 5.74) is 0.935. The summed E-state index contributed by atoms with van der Waals surface area (Å²) in [7, 11) is 0. The molecule has 16 heavy (non-hydrogen) atoms. The number of aliphatic imine (C=N–C) groups is 2. The van der Waals surface area contributed by atoms with Crippen molar-refractivity contribution in [1.82, 2.24) is 0 Å². The molecule has 0 N–H and O–H groups in total. The summed E-state index contributed by atoms with van der Waals surface area (Å²) in [6.45, 7) is 9.87. The number of allylic oxidation sites excluding steroid dienone is 7. The monoisotopic (exact) mass is 214 g/mol. The zero-order valence-electron chi connectivity index (χ0n) is 9.71. The summed E-state index contributed by atoms with van der Waals surface area (Å²) in [5, 5.41) is 0. The fourth-order valence-corrected chi connectivity index (χ4v) is 0.803. The van der Waals surface area contributed by atoms with Gasteiger partial charge in [0.2, 0.25) is 0 Å². The Bertz CT molecular complexity index is 342. The van der Waals surface area contributed by atoms with E-state index in [2.05, 4.69) is 23.1 Å². The molecule has 0 saturated carbocycles. The van der Waals surface area contributed by atoms with E-state index < -0.39 is 0 Å². The van der Waals surface area contributed by atoms with Gasteiger partial charge in [-0.2, -0.15) is 0 Å². The first-order valence-electron chi connectivity index (χ1n) is 5.08. The van der Waals surface area contributed by atoms with E-state index in [4.69, 9.17) is 0 Å². The maximum absolute atomic E-state index is 4.09. The van der Waals surface area contributed by atoms with Gasteiger partial charge in [0.05, 0.1) is 6.54 Å².